The van der Waals surface area contributed by atoms with Crippen molar-refractivity contribution in [3.8, 4) is 16.9 Å². The molecular formula is C26H24F3NO4. The molecule has 3 N–H and O–H groups in total. The van der Waals surface area contributed by atoms with Gasteiger partial charge in [-0.3, -0.25) is 9.59 Å². The van der Waals surface area contributed by atoms with Gasteiger partial charge in [-0.2, -0.15) is 4.39 Å². The minimum absolute atomic E-state index is 0.0421. The van der Waals surface area contributed by atoms with Crippen LogP contribution in [-0.2, 0) is 11.2 Å². The number of phenols is 1. The Morgan fingerprint density at radius 1 is 0.941 bits per heavy atom. The summed E-state index contributed by atoms with van der Waals surface area (Å²) in [5.74, 6) is -9.48. The maximum Gasteiger partial charge on any atom is 0.306 e. The van der Waals surface area contributed by atoms with E-state index in [0.29, 0.717) is 18.9 Å². The third kappa shape index (κ3) is 5.95. The molecule has 2 unspecified atom stereocenters. The highest BCUT2D eigenvalue weighted by molar-refractivity contribution is 5.95. The van der Waals surface area contributed by atoms with Crippen molar-refractivity contribution in [2.75, 3.05) is 0 Å². The van der Waals surface area contributed by atoms with Crippen LogP contribution in [0.4, 0.5) is 13.2 Å². The number of amides is 1. The van der Waals surface area contributed by atoms with Crippen molar-refractivity contribution >= 4 is 11.9 Å². The lowest BCUT2D eigenvalue weighted by Gasteiger charge is -2.21. The van der Waals surface area contributed by atoms with Crippen LogP contribution >= 0.6 is 0 Å². The second kappa shape index (κ2) is 10.9. The molecule has 0 saturated heterocycles. The maximum absolute atomic E-state index is 14.2. The van der Waals surface area contributed by atoms with Crippen molar-refractivity contribution in [2.24, 2.45) is 5.92 Å². The summed E-state index contributed by atoms with van der Waals surface area (Å²) in [7, 11) is 0. The van der Waals surface area contributed by atoms with Gasteiger partial charge in [0, 0.05) is 6.04 Å². The zero-order valence-corrected chi connectivity index (χ0v) is 18.4. The van der Waals surface area contributed by atoms with E-state index in [0.717, 1.165) is 16.7 Å². The van der Waals surface area contributed by atoms with Gasteiger partial charge < -0.3 is 15.5 Å². The molecular weight excluding hydrogens is 447 g/mol. The molecule has 0 aromatic heterocycles. The summed E-state index contributed by atoms with van der Waals surface area (Å²) in [5, 5.41) is 21.1. The van der Waals surface area contributed by atoms with Crippen LogP contribution in [0.1, 0.15) is 35.7 Å². The third-order valence-corrected chi connectivity index (χ3v) is 5.62. The molecule has 0 bridgehead atoms. The molecule has 8 heteroatoms. The van der Waals surface area contributed by atoms with Crippen LogP contribution < -0.4 is 5.32 Å². The Balaban J connectivity index is 1.74. The molecule has 0 aliphatic rings. The summed E-state index contributed by atoms with van der Waals surface area (Å²) < 4.78 is 41.1. The van der Waals surface area contributed by atoms with E-state index in [9.17, 15) is 33.0 Å². The van der Waals surface area contributed by atoms with Crippen molar-refractivity contribution < 1.29 is 33.0 Å². The number of benzene rings is 3. The number of phenolic OH excluding ortho intramolecular Hbond substituents is 1. The first-order valence-corrected chi connectivity index (χ1v) is 10.7. The lowest BCUT2D eigenvalue weighted by atomic mass is 9.95. The smallest absolute Gasteiger partial charge is 0.306 e. The molecule has 0 saturated carbocycles. The van der Waals surface area contributed by atoms with Crippen LogP contribution in [0.5, 0.6) is 5.75 Å². The van der Waals surface area contributed by atoms with Crippen molar-refractivity contribution in [1.29, 1.82) is 0 Å². The number of aryl methyl sites for hydroxylation is 1. The SMILES string of the molecule is CC(CC(CCc1ccc(-c2ccccc2)cc1)NC(=O)c1cc(F)c(F)c(O)c1F)C(=O)O. The highest BCUT2D eigenvalue weighted by Gasteiger charge is 2.26. The molecule has 0 fully saturated rings. The van der Waals surface area contributed by atoms with Crippen LogP contribution in [0, 0.1) is 23.4 Å². The van der Waals surface area contributed by atoms with Crippen LogP contribution in [0.3, 0.4) is 0 Å². The number of carboxylic acid groups (broad SMARTS) is 1. The standard InChI is InChI=1S/C26H24F3NO4/c1-15(26(33)34)13-19(30-25(32)20-14-21(27)23(29)24(31)22(20)28)12-9-16-7-10-18(11-8-16)17-5-3-2-4-6-17/h2-8,10-11,14-15,19,31H,9,12-13H2,1H3,(H,30,32)(H,33,34). The van der Waals surface area contributed by atoms with Crippen molar-refractivity contribution in [2.45, 2.75) is 32.2 Å². The van der Waals surface area contributed by atoms with Crippen molar-refractivity contribution in [3.63, 3.8) is 0 Å². The Labute approximate surface area is 194 Å². The van der Waals surface area contributed by atoms with Gasteiger partial charge in [0.15, 0.2) is 17.4 Å². The van der Waals surface area contributed by atoms with E-state index < -0.39 is 52.6 Å². The molecule has 0 radical (unpaired) electrons. The van der Waals surface area contributed by atoms with Gasteiger partial charge in [0.1, 0.15) is 0 Å². The predicted molar refractivity (Wildman–Crippen MR) is 121 cm³/mol. The number of carbonyl (C=O) groups is 2. The number of rotatable bonds is 9. The third-order valence-electron chi connectivity index (χ3n) is 5.62. The van der Waals surface area contributed by atoms with Crippen molar-refractivity contribution in [3.05, 3.63) is 89.2 Å². The second-order valence-corrected chi connectivity index (χ2v) is 8.13. The minimum atomic E-state index is -1.79. The molecule has 34 heavy (non-hydrogen) atoms. The predicted octanol–water partition coefficient (Wildman–Crippen LogP) is 5.32. The fraction of sp³-hybridized carbons (Fsp3) is 0.231. The van der Waals surface area contributed by atoms with E-state index in [2.05, 4.69) is 5.32 Å². The van der Waals surface area contributed by atoms with Gasteiger partial charge in [-0.15, -0.1) is 0 Å². The first-order valence-electron chi connectivity index (χ1n) is 10.7. The van der Waals surface area contributed by atoms with E-state index in [4.69, 9.17) is 0 Å². The number of aromatic hydroxyl groups is 1. The molecule has 5 nitrogen and oxygen atoms in total. The highest BCUT2D eigenvalue weighted by Crippen LogP contribution is 2.26. The molecule has 0 heterocycles. The monoisotopic (exact) mass is 471 g/mol. The van der Waals surface area contributed by atoms with Crippen LogP contribution in [-0.4, -0.2) is 28.1 Å². The number of aliphatic carboxylic acids is 1. The van der Waals surface area contributed by atoms with Gasteiger partial charge in [-0.1, -0.05) is 61.5 Å². The van der Waals surface area contributed by atoms with Gasteiger partial charge in [-0.05, 0) is 42.0 Å². The van der Waals surface area contributed by atoms with Crippen LogP contribution in [0.15, 0.2) is 60.7 Å². The summed E-state index contributed by atoms with van der Waals surface area (Å²) in [6.45, 7) is 1.47. The lowest BCUT2D eigenvalue weighted by molar-refractivity contribution is -0.141. The average molecular weight is 471 g/mol. The largest absolute Gasteiger partial charge is 0.503 e. The second-order valence-electron chi connectivity index (χ2n) is 8.13. The Bertz CT molecular complexity index is 1170. The number of carboxylic acids is 1. The van der Waals surface area contributed by atoms with E-state index in [-0.39, 0.29) is 6.42 Å². The number of hydrogen-bond acceptors (Lipinski definition) is 3. The fourth-order valence-electron chi connectivity index (χ4n) is 3.63. The zero-order valence-electron chi connectivity index (χ0n) is 18.4. The Hall–Kier alpha value is -3.81. The van der Waals surface area contributed by atoms with Gasteiger partial charge in [0.05, 0.1) is 11.5 Å². The van der Waals surface area contributed by atoms with Gasteiger partial charge in [0.2, 0.25) is 5.82 Å². The number of carbonyl (C=O) groups excluding carboxylic acids is 1. The highest BCUT2D eigenvalue weighted by atomic mass is 19.2. The molecule has 2 atom stereocenters. The Morgan fingerprint density at radius 3 is 2.18 bits per heavy atom. The van der Waals surface area contributed by atoms with E-state index in [1.165, 1.54) is 6.92 Å². The van der Waals surface area contributed by atoms with Gasteiger partial charge >= 0.3 is 5.97 Å². The lowest BCUT2D eigenvalue weighted by Crippen LogP contribution is -2.38. The fourth-order valence-corrected chi connectivity index (χ4v) is 3.63. The summed E-state index contributed by atoms with van der Waals surface area (Å²) in [6.07, 6.45) is 0.851. The first-order chi connectivity index (χ1) is 16.2. The summed E-state index contributed by atoms with van der Waals surface area (Å²) >= 11 is 0. The quantitative estimate of drug-likeness (QED) is 0.369. The molecule has 0 aliphatic heterocycles. The Morgan fingerprint density at radius 2 is 1.56 bits per heavy atom. The number of halogens is 3. The van der Waals surface area contributed by atoms with E-state index in [1.54, 1.807) is 0 Å². The topological polar surface area (TPSA) is 86.6 Å². The number of hydrogen-bond donors (Lipinski definition) is 3. The molecule has 3 rings (SSSR count). The first kappa shape index (κ1) is 24.8. The average Bonchev–Trinajstić information content (AvgIpc) is 2.84. The molecule has 1 amide bonds. The van der Waals surface area contributed by atoms with Crippen molar-refractivity contribution in [1.82, 2.24) is 5.32 Å². The van der Waals surface area contributed by atoms with Crippen LogP contribution in [0.2, 0.25) is 0 Å². The number of nitrogens with one attached hydrogen (secondary N) is 1. The molecule has 3 aromatic rings. The Kier molecular flexibility index (Phi) is 7.94. The summed E-state index contributed by atoms with van der Waals surface area (Å²) in [4.78, 5) is 23.9. The molecule has 0 aliphatic carbocycles. The maximum atomic E-state index is 14.2. The summed E-state index contributed by atoms with van der Waals surface area (Å²) in [5.41, 5.74) is 2.17. The summed E-state index contributed by atoms with van der Waals surface area (Å²) in [6, 6.07) is 17.2. The van der Waals surface area contributed by atoms with E-state index >= 15 is 0 Å². The zero-order chi connectivity index (χ0) is 24.8. The normalized spacial score (nSPS) is 12.7. The van der Waals surface area contributed by atoms with Crippen LogP contribution in [0.25, 0.3) is 11.1 Å². The minimum Gasteiger partial charge on any atom is -0.503 e. The van der Waals surface area contributed by atoms with Gasteiger partial charge in [0.25, 0.3) is 5.91 Å². The molecule has 178 valence electrons. The van der Waals surface area contributed by atoms with E-state index in [1.807, 2.05) is 54.6 Å². The van der Waals surface area contributed by atoms with Gasteiger partial charge in [-0.25, -0.2) is 8.78 Å². The molecule has 0 spiro atoms. The molecule has 3 aromatic carbocycles.